The number of amides is 1. The summed E-state index contributed by atoms with van der Waals surface area (Å²) >= 11 is 1.50. The van der Waals surface area contributed by atoms with Crippen molar-refractivity contribution in [2.45, 2.75) is 17.6 Å². The molecule has 2 aromatic carbocycles. The minimum Gasteiger partial charge on any atom is -0.497 e. The molecule has 0 bridgehead atoms. The van der Waals surface area contributed by atoms with Crippen molar-refractivity contribution in [2.75, 3.05) is 20.0 Å². The number of thioether (sulfide) groups is 1. The number of ether oxygens (including phenoxy) is 2. The number of hydrogen-bond donors (Lipinski definition) is 2. The van der Waals surface area contributed by atoms with Crippen molar-refractivity contribution >= 4 is 29.7 Å². The summed E-state index contributed by atoms with van der Waals surface area (Å²) in [5.74, 6) is 1.13. The van der Waals surface area contributed by atoms with E-state index >= 15 is 0 Å². The smallest absolute Gasteiger partial charge is 0.293 e. The van der Waals surface area contributed by atoms with Crippen LogP contribution in [0.1, 0.15) is 27.3 Å². The number of hydrogen-bond acceptors (Lipinski definition) is 11. The van der Waals surface area contributed by atoms with E-state index in [0.717, 1.165) is 10.5 Å². The van der Waals surface area contributed by atoms with E-state index in [-0.39, 0.29) is 17.3 Å². The van der Waals surface area contributed by atoms with E-state index in [4.69, 9.17) is 15.2 Å². The Bertz CT molecular complexity index is 1350. The number of aromatic nitrogens is 5. The molecule has 2 heterocycles. The molecule has 0 atom stereocenters. The quantitative estimate of drug-likeness (QED) is 0.201. The van der Waals surface area contributed by atoms with E-state index in [2.05, 4.69) is 35.8 Å². The van der Waals surface area contributed by atoms with Crippen LogP contribution in [0.4, 0.5) is 5.82 Å². The molecule has 180 valence electrons. The molecule has 0 radical (unpaired) electrons. The Morgan fingerprint density at radius 3 is 2.69 bits per heavy atom. The van der Waals surface area contributed by atoms with Crippen LogP contribution in [0.3, 0.4) is 0 Å². The molecular weight excluding hydrogens is 472 g/mol. The molecule has 12 nitrogen and oxygen atoms in total. The molecule has 1 amide bonds. The van der Waals surface area contributed by atoms with Gasteiger partial charge in [0.1, 0.15) is 11.5 Å². The first-order chi connectivity index (χ1) is 17.0. The summed E-state index contributed by atoms with van der Waals surface area (Å²) < 4.78 is 16.6. The molecule has 13 heteroatoms. The monoisotopic (exact) mass is 494 g/mol. The normalized spacial score (nSPS) is 11.1. The average Bonchev–Trinajstić information content (AvgIpc) is 3.49. The number of aryl methyl sites for hydroxylation is 1. The van der Waals surface area contributed by atoms with Gasteiger partial charge in [0.05, 0.1) is 26.1 Å². The van der Waals surface area contributed by atoms with Crippen LogP contribution in [-0.4, -0.2) is 51.6 Å². The van der Waals surface area contributed by atoms with Crippen molar-refractivity contribution in [3.8, 4) is 17.3 Å². The van der Waals surface area contributed by atoms with Gasteiger partial charge in [0, 0.05) is 16.2 Å². The van der Waals surface area contributed by atoms with Gasteiger partial charge in [-0.05, 0) is 47.6 Å². The van der Waals surface area contributed by atoms with E-state index in [1.54, 1.807) is 32.4 Å². The highest BCUT2D eigenvalue weighted by molar-refractivity contribution is 7.98. The molecule has 0 aliphatic heterocycles. The Kier molecular flexibility index (Phi) is 7.26. The number of carbonyl (C=O) groups is 1. The number of benzene rings is 2. The fourth-order valence-corrected chi connectivity index (χ4v) is 3.95. The molecule has 0 unspecified atom stereocenters. The summed E-state index contributed by atoms with van der Waals surface area (Å²) in [5, 5.41) is 19.5. The van der Waals surface area contributed by atoms with Crippen LogP contribution in [0.2, 0.25) is 0 Å². The van der Waals surface area contributed by atoms with Crippen molar-refractivity contribution in [3.05, 3.63) is 65.0 Å². The van der Waals surface area contributed by atoms with Crippen LogP contribution in [0.25, 0.3) is 5.82 Å². The van der Waals surface area contributed by atoms with Crippen LogP contribution >= 0.6 is 11.8 Å². The minimum atomic E-state index is -0.566. The van der Waals surface area contributed by atoms with Gasteiger partial charge >= 0.3 is 0 Å². The third-order valence-electron chi connectivity index (χ3n) is 4.88. The van der Waals surface area contributed by atoms with E-state index in [0.29, 0.717) is 28.5 Å². The van der Waals surface area contributed by atoms with Gasteiger partial charge in [0.2, 0.25) is 11.6 Å². The Morgan fingerprint density at radius 2 is 2.00 bits per heavy atom. The van der Waals surface area contributed by atoms with Gasteiger partial charge in [-0.15, -0.1) is 16.9 Å². The molecule has 4 aromatic rings. The average molecular weight is 495 g/mol. The summed E-state index contributed by atoms with van der Waals surface area (Å²) in [6.07, 6.45) is 1.45. The van der Waals surface area contributed by atoms with Gasteiger partial charge in [0.15, 0.2) is 5.69 Å². The third-order valence-corrected chi connectivity index (χ3v) is 5.90. The molecular formula is C22H22N8O4S. The Balaban J connectivity index is 1.58. The van der Waals surface area contributed by atoms with Crippen LogP contribution in [-0.2, 0) is 5.75 Å². The molecule has 0 aliphatic carbocycles. The lowest BCUT2D eigenvalue weighted by atomic mass is 10.2. The van der Waals surface area contributed by atoms with Crippen LogP contribution < -0.4 is 20.6 Å². The molecule has 0 aliphatic rings. The first-order valence-electron chi connectivity index (χ1n) is 10.3. The molecule has 2 aromatic heterocycles. The van der Waals surface area contributed by atoms with Crippen molar-refractivity contribution < 1.29 is 18.9 Å². The Morgan fingerprint density at radius 1 is 1.20 bits per heavy atom. The summed E-state index contributed by atoms with van der Waals surface area (Å²) in [4.78, 5) is 14.0. The molecule has 0 saturated heterocycles. The second-order valence-corrected chi connectivity index (χ2v) is 8.23. The Labute approximate surface area is 204 Å². The number of nitrogens with zero attached hydrogens (tertiary/aromatic N) is 6. The molecule has 0 saturated carbocycles. The van der Waals surface area contributed by atoms with E-state index in [1.807, 2.05) is 31.2 Å². The van der Waals surface area contributed by atoms with Gasteiger partial charge in [-0.25, -0.2) is 10.1 Å². The third kappa shape index (κ3) is 5.41. The largest absolute Gasteiger partial charge is 0.497 e. The van der Waals surface area contributed by atoms with E-state index in [9.17, 15) is 4.79 Å². The lowest BCUT2D eigenvalue weighted by Crippen LogP contribution is -2.20. The highest BCUT2D eigenvalue weighted by Crippen LogP contribution is 2.26. The number of nitrogens with one attached hydrogen (secondary N) is 1. The zero-order chi connectivity index (χ0) is 24.8. The molecule has 4 rings (SSSR count). The van der Waals surface area contributed by atoms with Crippen LogP contribution in [0.15, 0.2) is 57.1 Å². The predicted octanol–water partition coefficient (Wildman–Crippen LogP) is 2.61. The van der Waals surface area contributed by atoms with Gasteiger partial charge in [0.25, 0.3) is 5.91 Å². The highest BCUT2D eigenvalue weighted by Gasteiger charge is 2.24. The number of hydrazone groups is 1. The van der Waals surface area contributed by atoms with Gasteiger partial charge < -0.3 is 15.2 Å². The second kappa shape index (κ2) is 10.7. The lowest BCUT2D eigenvalue weighted by molar-refractivity contribution is 0.0949. The van der Waals surface area contributed by atoms with Crippen molar-refractivity contribution in [1.82, 2.24) is 30.7 Å². The summed E-state index contributed by atoms with van der Waals surface area (Å²) in [6.45, 7) is 2.01. The molecule has 35 heavy (non-hydrogen) atoms. The van der Waals surface area contributed by atoms with E-state index in [1.165, 1.54) is 22.7 Å². The Hall–Kier alpha value is -4.39. The predicted molar refractivity (Wildman–Crippen MR) is 129 cm³/mol. The number of carbonyl (C=O) groups excluding carboxylic acids is 1. The highest BCUT2D eigenvalue weighted by atomic mass is 32.2. The van der Waals surface area contributed by atoms with Gasteiger partial charge in [-0.1, -0.05) is 22.9 Å². The maximum atomic E-state index is 13.0. The fourth-order valence-electron chi connectivity index (χ4n) is 3.06. The maximum absolute atomic E-state index is 13.0. The van der Waals surface area contributed by atoms with Gasteiger partial charge in [-0.3, -0.25) is 4.79 Å². The number of nitrogens with two attached hydrogens (primary N) is 1. The standard InChI is InChI=1S/C22H22N8O4S/c1-13-4-7-16(8-5-13)35-12-17-19(25-29-30(17)21-20(23)27-34-28-21)22(31)26-24-11-14-10-15(32-2)6-9-18(14)33-3/h4-11H,12H2,1-3H3,(H2,23,27)(H,26,31). The minimum absolute atomic E-state index is 0.0200. The summed E-state index contributed by atoms with van der Waals surface area (Å²) in [6, 6.07) is 13.2. The number of rotatable bonds is 9. The van der Waals surface area contributed by atoms with Crippen molar-refractivity contribution in [1.29, 1.82) is 0 Å². The van der Waals surface area contributed by atoms with Crippen LogP contribution in [0, 0.1) is 6.92 Å². The van der Waals surface area contributed by atoms with Crippen molar-refractivity contribution in [3.63, 3.8) is 0 Å². The molecule has 3 N–H and O–H groups in total. The first-order valence-corrected chi connectivity index (χ1v) is 11.3. The fraction of sp³-hybridized carbons (Fsp3) is 0.182. The maximum Gasteiger partial charge on any atom is 0.293 e. The number of anilines is 1. The second-order valence-electron chi connectivity index (χ2n) is 7.18. The molecule has 0 spiro atoms. The zero-order valence-electron chi connectivity index (χ0n) is 19.1. The van der Waals surface area contributed by atoms with Crippen molar-refractivity contribution in [2.24, 2.45) is 5.10 Å². The van der Waals surface area contributed by atoms with Crippen LogP contribution in [0.5, 0.6) is 11.5 Å². The SMILES string of the molecule is COc1ccc(OC)c(C=NNC(=O)c2nnn(-c3nonc3N)c2CSc2ccc(C)cc2)c1. The number of nitrogen functional groups attached to an aromatic ring is 1. The molecule has 0 fully saturated rings. The lowest BCUT2D eigenvalue weighted by Gasteiger charge is -2.07. The summed E-state index contributed by atoms with van der Waals surface area (Å²) in [5.41, 5.74) is 10.6. The zero-order valence-corrected chi connectivity index (χ0v) is 19.9. The van der Waals surface area contributed by atoms with Gasteiger partial charge in [-0.2, -0.15) is 9.78 Å². The number of methoxy groups -OCH3 is 2. The first kappa shape index (κ1) is 23.8. The topological polar surface area (TPSA) is 156 Å². The summed E-state index contributed by atoms with van der Waals surface area (Å²) in [7, 11) is 3.10. The van der Waals surface area contributed by atoms with E-state index < -0.39 is 5.91 Å².